The summed E-state index contributed by atoms with van der Waals surface area (Å²) in [4.78, 5) is 11.9. The number of hydrogen-bond acceptors (Lipinski definition) is 4. The molecule has 0 aromatic carbocycles. The predicted octanol–water partition coefficient (Wildman–Crippen LogP) is 0.718. The fourth-order valence-corrected chi connectivity index (χ4v) is 3.73. The second kappa shape index (κ2) is 6.79. The van der Waals surface area contributed by atoms with Crippen LogP contribution in [0.3, 0.4) is 0 Å². The number of aromatic nitrogens is 2. The molecule has 2 aliphatic heterocycles. The Morgan fingerprint density at radius 1 is 1.36 bits per heavy atom. The van der Waals surface area contributed by atoms with Crippen LogP contribution in [0.25, 0.3) is 0 Å². The summed E-state index contributed by atoms with van der Waals surface area (Å²) in [7, 11) is 1.94. The van der Waals surface area contributed by atoms with Gasteiger partial charge in [0.2, 0.25) is 5.91 Å². The van der Waals surface area contributed by atoms with Crippen molar-refractivity contribution in [3.63, 3.8) is 0 Å². The van der Waals surface area contributed by atoms with Crippen LogP contribution in [-0.2, 0) is 11.8 Å². The van der Waals surface area contributed by atoms with Crippen molar-refractivity contribution in [1.29, 1.82) is 0 Å². The first-order valence-electron chi connectivity index (χ1n) is 8.39. The van der Waals surface area contributed by atoms with Crippen LogP contribution in [0.2, 0.25) is 0 Å². The maximum Gasteiger partial charge on any atom is 0.220 e. The Hall–Kier alpha value is -1.40. The number of nitrogens with zero attached hydrogens (tertiary/aromatic N) is 2. The van der Waals surface area contributed by atoms with Crippen LogP contribution >= 0.6 is 0 Å². The minimum atomic E-state index is 0.199. The third kappa shape index (κ3) is 3.50. The Balaban J connectivity index is 1.67. The highest BCUT2D eigenvalue weighted by atomic mass is 16.1. The summed E-state index contributed by atoms with van der Waals surface area (Å²) in [5, 5.41) is 14.8. The van der Waals surface area contributed by atoms with E-state index in [2.05, 4.69) is 34.0 Å². The lowest BCUT2D eigenvalue weighted by Gasteiger charge is -2.40. The van der Waals surface area contributed by atoms with Gasteiger partial charge in [0, 0.05) is 37.8 Å². The second-order valence-electron chi connectivity index (χ2n) is 6.63. The molecular formula is C16H27N5O. The van der Waals surface area contributed by atoms with Crippen LogP contribution in [0.1, 0.15) is 44.3 Å². The molecule has 3 heterocycles. The van der Waals surface area contributed by atoms with Crippen LogP contribution in [0.15, 0.2) is 12.3 Å². The maximum absolute atomic E-state index is 11.9. The highest BCUT2D eigenvalue weighted by Gasteiger charge is 2.35. The van der Waals surface area contributed by atoms with Gasteiger partial charge < -0.3 is 16.0 Å². The Bertz CT molecular complexity index is 508. The van der Waals surface area contributed by atoms with Gasteiger partial charge in [-0.05, 0) is 51.3 Å². The SMILES string of the molecule is CC(N[C@@H]1CCC(=O)N[C@H]1C1CCNCC1)c1ccn(C)n1. The van der Waals surface area contributed by atoms with E-state index in [-0.39, 0.29) is 18.0 Å². The molecule has 3 rings (SSSR count). The number of hydrogen-bond donors (Lipinski definition) is 3. The minimum absolute atomic E-state index is 0.199. The molecule has 6 heteroatoms. The zero-order valence-corrected chi connectivity index (χ0v) is 13.5. The van der Waals surface area contributed by atoms with Crippen molar-refractivity contribution in [2.45, 2.75) is 50.7 Å². The van der Waals surface area contributed by atoms with Crippen LogP contribution in [0.4, 0.5) is 0 Å². The molecule has 1 unspecified atom stereocenters. The van der Waals surface area contributed by atoms with Gasteiger partial charge in [0.25, 0.3) is 0 Å². The number of carbonyl (C=O) groups excluding carboxylic acids is 1. The smallest absolute Gasteiger partial charge is 0.220 e. The van der Waals surface area contributed by atoms with Gasteiger partial charge in [0.15, 0.2) is 0 Å². The molecule has 3 atom stereocenters. The molecule has 1 amide bonds. The molecule has 122 valence electrons. The van der Waals surface area contributed by atoms with Crippen molar-refractivity contribution >= 4 is 5.91 Å². The summed E-state index contributed by atoms with van der Waals surface area (Å²) in [6.07, 6.45) is 5.79. The third-order valence-electron chi connectivity index (χ3n) is 4.98. The summed E-state index contributed by atoms with van der Waals surface area (Å²) in [5.74, 6) is 0.769. The fourth-order valence-electron chi connectivity index (χ4n) is 3.73. The number of piperidine rings is 2. The minimum Gasteiger partial charge on any atom is -0.352 e. The Morgan fingerprint density at radius 3 is 2.82 bits per heavy atom. The molecule has 6 nitrogen and oxygen atoms in total. The van der Waals surface area contributed by atoms with Gasteiger partial charge in [-0.3, -0.25) is 9.48 Å². The van der Waals surface area contributed by atoms with Gasteiger partial charge in [-0.25, -0.2) is 0 Å². The lowest BCUT2D eigenvalue weighted by Crippen LogP contribution is -2.58. The van der Waals surface area contributed by atoms with Crippen molar-refractivity contribution in [2.24, 2.45) is 13.0 Å². The van der Waals surface area contributed by atoms with E-state index < -0.39 is 0 Å². The molecule has 0 saturated carbocycles. The van der Waals surface area contributed by atoms with E-state index in [9.17, 15) is 4.79 Å². The molecule has 2 fully saturated rings. The standard InChI is InChI=1S/C16H27N5O/c1-11(13-7-10-21(2)20-13)18-14-3-4-15(22)19-16(14)12-5-8-17-9-6-12/h7,10-12,14,16-18H,3-6,8-9H2,1-2H3,(H,19,22)/t11?,14-,16+/m1/s1. The molecule has 2 aliphatic rings. The maximum atomic E-state index is 11.9. The Labute approximate surface area is 132 Å². The number of rotatable bonds is 4. The number of aryl methyl sites for hydroxylation is 1. The Kier molecular flexibility index (Phi) is 4.78. The molecule has 1 aromatic rings. The molecule has 1 aromatic heterocycles. The molecule has 3 N–H and O–H groups in total. The zero-order chi connectivity index (χ0) is 15.5. The van der Waals surface area contributed by atoms with Crippen LogP contribution in [0.5, 0.6) is 0 Å². The van der Waals surface area contributed by atoms with Crippen LogP contribution in [0, 0.1) is 5.92 Å². The fraction of sp³-hybridized carbons (Fsp3) is 0.750. The summed E-state index contributed by atoms with van der Waals surface area (Å²) >= 11 is 0. The number of nitrogens with one attached hydrogen (secondary N) is 3. The summed E-state index contributed by atoms with van der Waals surface area (Å²) in [5.41, 5.74) is 1.06. The van der Waals surface area contributed by atoms with E-state index in [4.69, 9.17) is 0 Å². The molecular weight excluding hydrogens is 278 g/mol. The highest BCUT2D eigenvalue weighted by Crippen LogP contribution is 2.25. The van der Waals surface area contributed by atoms with E-state index in [1.54, 1.807) is 0 Å². The monoisotopic (exact) mass is 305 g/mol. The van der Waals surface area contributed by atoms with Gasteiger partial charge in [-0.15, -0.1) is 0 Å². The van der Waals surface area contributed by atoms with Gasteiger partial charge in [0.05, 0.1) is 5.69 Å². The number of carbonyl (C=O) groups is 1. The average molecular weight is 305 g/mol. The van der Waals surface area contributed by atoms with E-state index in [1.165, 1.54) is 0 Å². The molecule has 0 aliphatic carbocycles. The molecule has 2 saturated heterocycles. The summed E-state index contributed by atoms with van der Waals surface area (Å²) in [6.45, 7) is 4.26. The molecule has 22 heavy (non-hydrogen) atoms. The highest BCUT2D eigenvalue weighted by molar-refractivity contribution is 5.77. The van der Waals surface area contributed by atoms with Crippen molar-refractivity contribution in [3.8, 4) is 0 Å². The predicted molar refractivity (Wildman–Crippen MR) is 85.3 cm³/mol. The first kappa shape index (κ1) is 15.5. The zero-order valence-electron chi connectivity index (χ0n) is 13.5. The van der Waals surface area contributed by atoms with Crippen molar-refractivity contribution < 1.29 is 4.79 Å². The Morgan fingerprint density at radius 2 is 2.14 bits per heavy atom. The first-order chi connectivity index (χ1) is 10.6. The van der Waals surface area contributed by atoms with Gasteiger partial charge in [0.1, 0.15) is 0 Å². The average Bonchev–Trinajstić information content (AvgIpc) is 2.96. The number of amides is 1. The molecule has 0 bridgehead atoms. The molecule has 0 spiro atoms. The summed E-state index contributed by atoms with van der Waals surface area (Å²) in [6, 6.07) is 2.83. The van der Waals surface area contributed by atoms with E-state index >= 15 is 0 Å². The lowest BCUT2D eigenvalue weighted by atomic mass is 9.82. The van der Waals surface area contributed by atoms with Gasteiger partial charge >= 0.3 is 0 Å². The van der Waals surface area contributed by atoms with Crippen molar-refractivity contribution in [2.75, 3.05) is 13.1 Å². The van der Waals surface area contributed by atoms with Gasteiger partial charge in [-0.1, -0.05) is 0 Å². The van der Waals surface area contributed by atoms with E-state index in [0.717, 1.165) is 38.0 Å². The van der Waals surface area contributed by atoms with E-state index in [0.29, 0.717) is 18.4 Å². The van der Waals surface area contributed by atoms with E-state index in [1.807, 2.05) is 17.9 Å². The van der Waals surface area contributed by atoms with Crippen LogP contribution < -0.4 is 16.0 Å². The topological polar surface area (TPSA) is 71.0 Å². The largest absolute Gasteiger partial charge is 0.352 e. The van der Waals surface area contributed by atoms with Gasteiger partial charge in [-0.2, -0.15) is 5.10 Å². The first-order valence-corrected chi connectivity index (χ1v) is 8.39. The lowest BCUT2D eigenvalue weighted by molar-refractivity contribution is -0.124. The van der Waals surface area contributed by atoms with Crippen molar-refractivity contribution in [1.82, 2.24) is 25.7 Å². The second-order valence-corrected chi connectivity index (χ2v) is 6.63. The van der Waals surface area contributed by atoms with Crippen LogP contribution in [-0.4, -0.2) is 40.9 Å². The summed E-state index contributed by atoms with van der Waals surface area (Å²) < 4.78 is 1.83. The quantitative estimate of drug-likeness (QED) is 0.766. The van der Waals surface area contributed by atoms with Crippen molar-refractivity contribution in [3.05, 3.63) is 18.0 Å². The molecule has 0 radical (unpaired) electrons. The normalized spacial score (nSPS) is 28.4. The third-order valence-corrected chi connectivity index (χ3v) is 4.98.